The first-order valence-electron chi connectivity index (χ1n) is 16.9. The van der Waals surface area contributed by atoms with Gasteiger partial charge in [0, 0.05) is 66.0 Å². The number of piperidine rings is 1. The van der Waals surface area contributed by atoms with E-state index < -0.39 is 5.82 Å². The molecule has 3 amide bonds. The van der Waals surface area contributed by atoms with Gasteiger partial charge in [-0.05, 0) is 98.0 Å². The summed E-state index contributed by atoms with van der Waals surface area (Å²) in [7, 11) is 0. The number of carbonyl (C=O) groups is 2. The minimum atomic E-state index is -0.618. The van der Waals surface area contributed by atoms with Crippen LogP contribution < -0.4 is 20.7 Å². The first-order chi connectivity index (χ1) is 23.8. The van der Waals surface area contributed by atoms with E-state index in [9.17, 15) is 19.1 Å². The van der Waals surface area contributed by atoms with Crippen molar-refractivity contribution in [3.63, 3.8) is 0 Å². The van der Waals surface area contributed by atoms with Gasteiger partial charge in [0.2, 0.25) is 0 Å². The van der Waals surface area contributed by atoms with Gasteiger partial charge in [0.1, 0.15) is 5.75 Å². The molecule has 0 radical (unpaired) electrons. The summed E-state index contributed by atoms with van der Waals surface area (Å²) in [6, 6.07) is 26.4. The van der Waals surface area contributed by atoms with Crippen LogP contribution in [0.15, 0.2) is 97.2 Å². The topological polar surface area (TPSA) is 108 Å². The highest BCUT2D eigenvalue weighted by atomic mass is 19.1. The van der Waals surface area contributed by atoms with Crippen molar-refractivity contribution in [2.45, 2.75) is 58.2 Å². The Morgan fingerprint density at radius 3 is 2.29 bits per heavy atom. The molecule has 49 heavy (non-hydrogen) atoms. The summed E-state index contributed by atoms with van der Waals surface area (Å²) < 4.78 is 22.6. The van der Waals surface area contributed by atoms with E-state index in [0.29, 0.717) is 22.7 Å². The van der Waals surface area contributed by atoms with Crippen LogP contribution in [0, 0.1) is 5.82 Å². The molecule has 1 aromatic heterocycles. The SMILES string of the molecule is CCC(CC)NC(=O)Nc1ccc(Oc2ccc(NC(=O)c3ccc(-n4cc(CN5CCC(O)CC5)c5ccccc54)cc3)cc2)c(F)c1. The molecular weight excluding hydrogens is 621 g/mol. The van der Waals surface area contributed by atoms with Gasteiger partial charge >= 0.3 is 6.03 Å². The van der Waals surface area contributed by atoms with Crippen molar-refractivity contribution >= 4 is 34.2 Å². The van der Waals surface area contributed by atoms with E-state index in [0.717, 1.165) is 56.5 Å². The first-order valence-corrected chi connectivity index (χ1v) is 16.9. The monoisotopic (exact) mass is 663 g/mol. The van der Waals surface area contributed by atoms with Crippen LogP contribution in [-0.4, -0.2) is 51.7 Å². The second kappa shape index (κ2) is 15.4. The summed E-state index contributed by atoms with van der Waals surface area (Å²) in [5, 5.41) is 19.5. The van der Waals surface area contributed by atoms with E-state index in [1.54, 1.807) is 42.5 Å². The van der Waals surface area contributed by atoms with Crippen LogP contribution >= 0.6 is 0 Å². The molecule has 0 saturated carbocycles. The fourth-order valence-electron chi connectivity index (χ4n) is 6.12. The fourth-order valence-corrected chi connectivity index (χ4v) is 6.12. The number of para-hydroxylation sites is 1. The molecule has 0 atom stereocenters. The molecule has 6 rings (SSSR count). The number of carbonyl (C=O) groups excluding carboxylic acids is 2. The van der Waals surface area contributed by atoms with Crippen LogP contribution in [0.3, 0.4) is 0 Å². The summed E-state index contributed by atoms with van der Waals surface area (Å²) in [5.41, 5.74) is 4.68. The Bertz CT molecular complexity index is 1900. The molecule has 0 aliphatic carbocycles. The summed E-state index contributed by atoms with van der Waals surface area (Å²) in [4.78, 5) is 27.7. The molecule has 1 saturated heterocycles. The minimum Gasteiger partial charge on any atom is -0.454 e. The number of aliphatic hydroxyl groups is 1. The Kier molecular flexibility index (Phi) is 10.6. The maximum atomic E-state index is 14.8. The highest BCUT2D eigenvalue weighted by Crippen LogP contribution is 2.29. The number of urea groups is 1. The third kappa shape index (κ3) is 8.28. The number of hydrogen-bond acceptors (Lipinski definition) is 5. The summed E-state index contributed by atoms with van der Waals surface area (Å²) in [5.74, 6) is -0.470. The minimum absolute atomic E-state index is 0.0109. The van der Waals surface area contributed by atoms with Crippen molar-refractivity contribution < 1.29 is 23.8 Å². The van der Waals surface area contributed by atoms with E-state index in [1.807, 2.05) is 32.0 Å². The van der Waals surface area contributed by atoms with Crippen LogP contribution in [0.2, 0.25) is 0 Å². The predicted octanol–water partition coefficient (Wildman–Crippen LogP) is 8.08. The molecule has 0 bridgehead atoms. The van der Waals surface area contributed by atoms with Crippen LogP contribution in [-0.2, 0) is 6.54 Å². The normalized spacial score (nSPS) is 13.8. The molecule has 1 fully saturated rings. The van der Waals surface area contributed by atoms with Crippen molar-refractivity contribution in [3.05, 3.63) is 114 Å². The molecule has 1 aliphatic heterocycles. The molecule has 5 aromatic rings. The zero-order chi connectivity index (χ0) is 34.3. The molecule has 4 aromatic carbocycles. The van der Waals surface area contributed by atoms with Crippen molar-refractivity contribution in [2.75, 3.05) is 23.7 Å². The molecule has 9 nitrogen and oxygen atoms in total. The second-order valence-electron chi connectivity index (χ2n) is 12.4. The lowest BCUT2D eigenvalue weighted by molar-refractivity contribution is 0.0794. The highest BCUT2D eigenvalue weighted by molar-refractivity contribution is 6.04. The molecule has 1 aliphatic rings. The average Bonchev–Trinajstić information content (AvgIpc) is 3.48. The fraction of sp³-hybridized carbons (Fsp3) is 0.282. The summed E-state index contributed by atoms with van der Waals surface area (Å²) >= 11 is 0. The maximum Gasteiger partial charge on any atom is 0.319 e. The van der Waals surface area contributed by atoms with Gasteiger partial charge in [0.05, 0.1) is 11.6 Å². The standard InChI is InChI=1S/C39H42FN5O4/c1-3-28(4-2)42-39(48)43-30-13-18-37(35(40)23-30)49-33-16-11-29(12-17-33)41-38(47)26-9-14-31(15-10-26)45-25-27(34-7-5-6-8-36(34)45)24-44-21-19-32(46)20-22-44/h5-18,23,25,28,32,46H,3-4,19-22,24H2,1-2H3,(H,41,47)(H2,42,43,48). The number of rotatable bonds is 11. The van der Waals surface area contributed by atoms with E-state index >= 15 is 0 Å². The van der Waals surface area contributed by atoms with Crippen LogP contribution in [0.4, 0.5) is 20.6 Å². The molecule has 0 spiro atoms. The molecular formula is C39H42FN5O4. The summed E-state index contributed by atoms with van der Waals surface area (Å²) in [6.07, 6.45) is 5.18. The number of ether oxygens (including phenoxy) is 1. The number of benzene rings is 4. The number of aromatic nitrogens is 1. The van der Waals surface area contributed by atoms with E-state index in [-0.39, 0.29) is 29.8 Å². The van der Waals surface area contributed by atoms with Crippen molar-refractivity contribution in [3.8, 4) is 17.2 Å². The number of likely N-dealkylation sites (tertiary alicyclic amines) is 1. The van der Waals surface area contributed by atoms with Gasteiger partial charge in [0.25, 0.3) is 5.91 Å². The molecule has 4 N–H and O–H groups in total. The van der Waals surface area contributed by atoms with Crippen molar-refractivity contribution in [2.24, 2.45) is 0 Å². The van der Waals surface area contributed by atoms with Gasteiger partial charge in [-0.2, -0.15) is 0 Å². The third-order valence-electron chi connectivity index (χ3n) is 9.00. The predicted molar refractivity (Wildman–Crippen MR) is 191 cm³/mol. The zero-order valence-electron chi connectivity index (χ0n) is 27.8. The number of anilines is 2. The zero-order valence-corrected chi connectivity index (χ0v) is 27.8. The quantitative estimate of drug-likeness (QED) is 0.114. The third-order valence-corrected chi connectivity index (χ3v) is 9.00. The van der Waals surface area contributed by atoms with Crippen molar-refractivity contribution in [1.29, 1.82) is 0 Å². The van der Waals surface area contributed by atoms with E-state index in [1.165, 1.54) is 23.1 Å². The van der Waals surface area contributed by atoms with Crippen LogP contribution in [0.25, 0.3) is 16.6 Å². The molecule has 254 valence electrons. The summed E-state index contributed by atoms with van der Waals surface area (Å²) in [6.45, 7) is 6.57. The van der Waals surface area contributed by atoms with Crippen molar-refractivity contribution in [1.82, 2.24) is 14.8 Å². The van der Waals surface area contributed by atoms with Gasteiger partial charge in [0.15, 0.2) is 11.6 Å². The Hall–Kier alpha value is -5.19. The Morgan fingerprint density at radius 2 is 1.59 bits per heavy atom. The Balaban J connectivity index is 1.06. The number of amides is 3. The van der Waals surface area contributed by atoms with Gasteiger partial charge in [-0.3, -0.25) is 9.69 Å². The largest absolute Gasteiger partial charge is 0.454 e. The van der Waals surface area contributed by atoms with Gasteiger partial charge in [-0.25, -0.2) is 9.18 Å². The Morgan fingerprint density at radius 1 is 0.898 bits per heavy atom. The highest BCUT2D eigenvalue weighted by Gasteiger charge is 2.19. The number of nitrogens with zero attached hydrogens (tertiary/aromatic N) is 2. The van der Waals surface area contributed by atoms with Crippen LogP contribution in [0.1, 0.15) is 55.5 Å². The average molecular weight is 664 g/mol. The smallest absolute Gasteiger partial charge is 0.319 e. The van der Waals surface area contributed by atoms with Gasteiger partial charge in [-0.1, -0.05) is 32.0 Å². The lowest BCUT2D eigenvalue weighted by Gasteiger charge is -2.29. The first kappa shape index (κ1) is 33.7. The number of hydrogen-bond donors (Lipinski definition) is 4. The van der Waals surface area contributed by atoms with E-state index in [4.69, 9.17) is 4.74 Å². The number of halogens is 1. The van der Waals surface area contributed by atoms with Gasteiger partial charge < -0.3 is 30.4 Å². The molecule has 0 unspecified atom stereocenters. The van der Waals surface area contributed by atoms with E-state index in [2.05, 4.69) is 49.8 Å². The van der Waals surface area contributed by atoms with Crippen LogP contribution in [0.5, 0.6) is 11.5 Å². The number of fused-ring (bicyclic) bond motifs is 1. The maximum absolute atomic E-state index is 14.8. The Labute approximate surface area is 285 Å². The number of aliphatic hydroxyl groups excluding tert-OH is 1. The molecule has 2 heterocycles. The molecule has 10 heteroatoms. The second-order valence-corrected chi connectivity index (χ2v) is 12.4. The van der Waals surface area contributed by atoms with Gasteiger partial charge in [-0.15, -0.1) is 0 Å². The number of nitrogens with one attached hydrogen (secondary N) is 3. The lowest BCUT2D eigenvalue weighted by Crippen LogP contribution is -2.37. The lowest BCUT2D eigenvalue weighted by atomic mass is 10.1.